The van der Waals surface area contributed by atoms with Gasteiger partial charge in [0.05, 0.1) is 17.2 Å². The Morgan fingerprint density at radius 1 is 1.00 bits per heavy atom. The second-order valence-electron chi connectivity index (χ2n) is 6.88. The van der Waals surface area contributed by atoms with Crippen LogP contribution in [0.3, 0.4) is 0 Å². The molecule has 0 aliphatic carbocycles. The summed E-state index contributed by atoms with van der Waals surface area (Å²) in [6.45, 7) is 0.723. The van der Waals surface area contributed by atoms with E-state index in [4.69, 9.17) is 4.74 Å². The van der Waals surface area contributed by atoms with Gasteiger partial charge in [0.1, 0.15) is 12.4 Å². The summed E-state index contributed by atoms with van der Waals surface area (Å²) in [4.78, 5) is 25.6. The third-order valence-electron chi connectivity index (χ3n) is 5.10. The third kappa shape index (κ3) is 3.96. The summed E-state index contributed by atoms with van der Waals surface area (Å²) in [5.74, 6) is 0.300. The summed E-state index contributed by atoms with van der Waals surface area (Å²) in [6.07, 6.45) is 0.260. The van der Waals surface area contributed by atoms with Gasteiger partial charge in [-0.15, -0.1) is 0 Å². The Bertz CT molecular complexity index is 982. The Labute approximate surface area is 168 Å². The number of benzene rings is 3. The van der Waals surface area contributed by atoms with Crippen LogP contribution in [0.2, 0.25) is 0 Å². The van der Waals surface area contributed by atoms with Crippen LogP contribution in [0, 0.1) is 10.1 Å². The molecule has 0 bridgehead atoms. The average molecular weight is 388 g/mol. The van der Waals surface area contributed by atoms with Crippen molar-refractivity contribution in [3.8, 4) is 5.75 Å². The van der Waals surface area contributed by atoms with Crippen LogP contribution in [-0.2, 0) is 4.79 Å². The fraction of sp³-hybridized carbons (Fsp3) is 0.174. The first-order valence-electron chi connectivity index (χ1n) is 9.45. The van der Waals surface area contributed by atoms with Crippen LogP contribution in [0.1, 0.15) is 23.5 Å². The number of rotatable bonds is 5. The van der Waals surface area contributed by atoms with Crippen molar-refractivity contribution < 1.29 is 14.5 Å². The van der Waals surface area contributed by atoms with Crippen LogP contribution < -0.4 is 9.64 Å². The van der Waals surface area contributed by atoms with E-state index in [2.05, 4.69) is 0 Å². The first kappa shape index (κ1) is 18.7. The quantitative estimate of drug-likeness (QED) is 0.475. The van der Waals surface area contributed by atoms with Crippen LogP contribution in [0.5, 0.6) is 5.75 Å². The number of nitro groups is 1. The van der Waals surface area contributed by atoms with Gasteiger partial charge in [-0.3, -0.25) is 14.9 Å². The summed E-state index contributed by atoms with van der Waals surface area (Å²) < 4.78 is 5.60. The maximum absolute atomic E-state index is 13.3. The zero-order chi connectivity index (χ0) is 20.2. The van der Waals surface area contributed by atoms with Crippen molar-refractivity contribution in [1.29, 1.82) is 0 Å². The molecule has 0 aromatic heterocycles. The highest BCUT2D eigenvalue weighted by atomic mass is 16.6. The molecule has 0 atom stereocenters. The van der Waals surface area contributed by atoms with E-state index >= 15 is 0 Å². The van der Waals surface area contributed by atoms with Crippen LogP contribution in [0.25, 0.3) is 0 Å². The molecular weight excluding hydrogens is 368 g/mol. The number of ether oxygens (including phenoxy) is 1. The zero-order valence-electron chi connectivity index (χ0n) is 15.7. The van der Waals surface area contributed by atoms with Gasteiger partial charge in [-0.25, -0.2) is 0 Å². The molecule has 6 heteroatoms. The number of amides is 1. The van der Waals surface area contributed by atoms with Crippen molar-refractivity contribution in [2.75, 3.05) is 18.1 Å². The van der Waals surface area contributed by atoms with Gasteiger partial charge >= 0.3 is 0 Å². The summed E-state index contributed by atoms with van der Waals surface area (Å²) in [5.41, 5.74) is 2.50. The van der Waals surface area contributed by atoms with Gasteiger partial charge in [0, 0.05) is 24.5 Å². The molecule has 0 fully saturated rings. The first-order valence-corrected chi connectivity index (χ1v) is 9.45. The molecule has 0 saturated carbocycles. The van der Waals surface area contributed by atoms with E-state index in [1.807, 2.05) is 60.7 Å². The Hall–Kier alpha value is -3.67. The molecule has 146 valence electrons. The minimum atomic E-state index is -0.464. The highest BCUT2D eigenvalue weighted by Crippen LogP contribution is 2.37. The van der Waals surface area contributed by atoms with Crippen LogP contribution in [0.4, 0.5) is 11.4 Å². The lowest BCUT2D eigenvalue weighted by molar-refractivity contribution is -0.384. The summed E-state index contributed by atoms with van der Waals surface area (Å²) in [7, 11) is 0. The highest BCUT2D eigenvalue weighted by molar-refractivity contribution is 5.96. The van der Waals surface area contributed by atoms with Gasteiger partial charge in [-0.05, 0) is 17.2 Å². The normalized spacial score (nSPS) is 12.9. The first-order chi connectivity index (χ1) is 14.1. The highest BCUT2D eigenvalue weighted by Gasteiger charge is 2.28. The minimum absolute atomic E-state index is 0.0604. The number of anilines is 1. The topological polar surface area (TPSA) is 72.7 Å². The molecular formula is C23H20N2O4. The van der Waals surface area contributed by atoms with Crippen LogP contribution >= 0.6 is 0 Å². The van der Waals surface area contributed by atoms with Crippen LogP contribution in [0.15, 0.2) is 78.9 Å². The molecule has 29 heavy (non-hydrogen) atoms. The van der Waals surface area contributed by atoms with Crippen molar-refractivity contribution >= 4 is 17.3 Å². The molecule has 0 N–H and O–H groups in total. The van der Waals surface area contributed by atoms with Gasteiger partial charge in [0.15, 0.2) is 0 Å². The Morgan fingerprint density at radius 3 is 2.21 bits per heavy atom. The molecule has 1 amide bonds. The molecule has 1 aliphatic rings. The van der Waals surface area contributed by atoms with Gasteiger partial charge in [-0.2, -0.15) is 0 Å². The molecule has 0 radical (unpaired) electrons. The largest absolute Gasteiger partial charge is 0.490 e. The van der Waals surface area contributed by atoms with Crippen molar-refractivity contribution in [3.05, 3.63) is 100 Å². The van der Waals surface area contributed by atoms with Crippen LogP contribution in [-0.4, -0.2) is 24.0 Å². The van der Waals surface area contributed by atoms with E-state index in [1.165, 1.54) is 12.1 Å². The number of non-ortho nitro benzene ring substituents is 1. The third-order valence-corrected chi connectivity index (χ3v) is 5.10. The number of carbonyl (C=O) groups is 1. The fourth-order valence-corrected chi connectivity index (χ4v) is 3.66. The summed E-state index contributed by atoms with van der Waals surface area (Å²) in [5, 5.41) is 11.2. The number of hydrogen-bond acceptors (Lipinski definition) is 4. The van der Waals surface area contributed by atoms with Gasteiger partial charge < -0.3 is 9.64 Å². The van der Waals surface area contributed by atoms with Gasteiger partial charge in [-0.1, -0.05) is 60.7 Å². The van der Waals surface area contributed by atoms with Crippen molar-refractivity contribution in [2.24, 2.45) is 0 Å². The zero-order valence-corrected chi connectivity index (χ0v) is 15.7. The number of nitro benzene ring substituents is 1. The smallest absolute Gasteiger partial charge is 0.271 e. The monoisotopic (exact) mass is 388 g/mol. The Morgan fingerprint density at radius 2 is 1.62 bits per heavy atom. The molecule has 0 spiro atoms. The summed E-state index contributed by atoms with van der Waals surface area (Å²) >= 11 is 0. The van der Waals surface area contributed by atoms with E-state index in [9.17, 15) is 14.9 Å². The van der Waals surface area contributed by atoms with Crippen molar-refractivity contribution in [1.82, 2.24) is 0 Å². The summed E-state index contributed by atoms with van der Waals surface area (Å²) in [6, 6.07) is 24.2. The lowest BCUT2D eigenvalue weighted by Crippen LogP contribution is -2.38. The molecule has 3 aromatic carbocycles. The predicted molar refractivity (Wildman–Crippen MR) is 110 cm³/mol. The fourth-order valence-electron chi connectivity index (χ4n) is 3.66. The van der Waals surface area contributed by atoms with E-state index < -0.39 is 4.92 Å². The number of hydrogen-bond donors (Lipinski definition) is 0. The molecule has 0 saturated heterocycles. The second-order valence-corrected chi connectivity index (χ2v) is 6.88. The number of fused-ring (bicyclic) bond motifs is 1. The van der Waals surface area contributed by atoms with Crippen molar-refractivity contribution in [2.45, 2.75) is 12.3 Å². The van der Waals surface area contributed by atoms with E-state index in [-0.39, 0.29) is 23.9 Å². The molecule has 0 unspecified atom stereocenters. The molecule has 6 nitrogen and oxygen atoms in total. The lowest BCUT2D eigenvalue weighted by atomic mass is 9.88. The molecule has 4 rings (SSSR count). The molecule has 1 aliphatic heterocycles. The maximum Gasteiger partial charge on any atom is 0.271 e. The SMILES string of the molecule is O=C(CC(c1ccccc1)c1ccccc1)N1CCOc2ccc([N+](=O)[O-])cc21. The Balaban J connectivity index is 1.66. The standard InChI is InChI=1S/C23H20N2O4/c26-23(24-13-14-29-22-12-11-19(25(27)28)15-21(22)24)16-20(17-7-3-1-4-8-17)18-9-5-2-6-10-18/h1-12,15,20H,13-14,16H2. The van der Waals surface area contributed by atoms with E-state index in [0.717, 1.165) is 11.1 Å². The lowest BCUT2D eigenvalue weighted by Gasteiger charge is -2.30. The maximum atomic E-state index is 13.3. The molecule has 3 aromatic rings. The van der Waals surface area contributed by atoms with Gasteiger partial charge in [0.2, 0.25) is 5.91 Å². The number of carbonyl (C=O) groups excluding carboxylic acids is 1. The Kier molecular flexibility index (Phi) is 5.24. The minimum Gasteiger partial charge on any atom is -0.490 e. The average Bonchev–Trinajstić information content (AvgIpc) is 2.77. The predicted octanol–water partition coefficient (Wildman–Crippen LogP) is 4.54. The van der Waals surface area contributed by atoms with E-state index in [1.54, 1.807) is 11.0 Å². The van der Waals surface area contributed by atoms with Gasteiger partial charge in [0.25, 0.3) is 5.69 Å². The van der Waals surface area contributed by atoms with Crippen molar-refractivity contribution in [3.63, 3.8) is 0 Å². The number of nitrogens with zero attached hydrogens (tertiary/aromatic N) is 2. The second kappa shape index (κ2) is 8.14. The molecule has 1 heterocycles. The van der Waals surface area contributed by atoms with E-state index in [0.29, 0.717) is 24.6 Å².